The molecule has 0 unspecified atom stereocenters. The van der Waals surface area contributed by atoms with Crippen LogP contribution in [-0.2, 0) is 0 Å². The van der Waals surface area contributed by atoms with Gasteiger partial charge in [-0.2, -0.15) is 0 Å². The Kier molecular flexibility index (Phi) is 1.93. The molecule has 0 heterocycles. The fraction of sp³-hybridized carbons (Fsp3) is 0.167. The van der Waals surface area contributed by atoms with Gasteiger partial charge < -0.3 is 5.32 Å². The molecule has 0 fully saturated rings. The monoisotopic (exact) mass is 171 g/mol. The first-order valence-electron chi connectivity index (χ1n) is 4.48. The SMILES string of the molecule is CNc1cc2ccccc2cc1C. The van der Waals surface area contributed by atoms with Gasteiger partial charge in [0.25, 0.3) is 0 Å². The Morgan fingerprint density at radius 2 is 1.62 bits per heavy atom. The molecule has 2 aromatic rings. The quantitative estimate of drug-likeness (QED) is 0.694. The van der Waals surface area contributed by atoms with Gasteiger partial charge in [-0.15, -0.1) is 0 Å². The molecule has 0 atom stereocenters. The topological polar surface area (TPSA) is 12.0 Å². The average molecular weight is 171 g/mol. The first-order valence-corrected chi connectivity index (χ1v) is 4.48. The van der Waals surface area contributed by atoms with Crippen LogP contribution >= 0.6 is 0 Å². The van der Waals surface area contributed by atoms with Gasteiger partial charge in [0.2, 0.25) is 0 Å². The Morgan fingerprint density at radius 1 is 1.00 bits per heavy atom. The number of hydrogen-bond acceptors (Lipinski definition) is 1. The van der Waals surface area contributed by atoms with Crippen molar-refractivity contribution in [3.63, 3.8) is 0 Å². The summed E-state index contributed by atoms with van der Waals surface area (Å²) in [7, 11) is 1.96. The van der Waals surface area contributed by atoms with E-state index in [4.69, 9.17) is 0 Å². The maximum Gasteiger partial charge on any atom is 0.0373 e. The van der Waals surface area contributed by atoms with E-state index in [0.717, 1.165) is 0 Å². The predicted molar refractivity (Wildman–Crippen MR) is 58.2 cm³/mol. The van der Waals surface area contributed by atoms with E-state index in [0.29, 0.717) is 0 Å². The highest BCUT2D eigenvalue weighted by Crippen LogP contribution is 2.22. The van der Waals surface area contributed by atoms with Crippen LogP contribution in [0.5, 0.6) is 0 Å². The molecule has 2 aromatic carbocycles. The van der Waals surface area contributed by atoms with Gasteiger partial charge in [0, 0.05) is 12.7 Å². The van der Waals surface area contributed by atoms with E-state index in [1.807, 2.05) is 7.05 Å². The van der Waals surface area contributed by atoms with Crippen LogP contribution in [0.3, 0.4) is 0 Å². The second kappa shape index (κ2) is 3.09. The molecule has 2 rings (SSSR count). The van der Waals surface area contributed by atoms with Gasteiger partial charge in [0.05, 0.1) is 0 Å². The number of nitrogens with one attached hydrogen (secondary N) is 1. The average Bonchev–Trinajstić information content (AvgIpc) is 2.17. The Morgan fingerprint density at radius 3 is 2.23 bits per heavy atom. The highest BCUT2D eigenvalue weighted by molar-refractivity contribution is 5.87. The molecule has 0 aliphatic rings. The van der Waals surface area contributed by atoms with Crippen molar-refractivity contribution in [1.29, 1.82) is 0 Å². The summed E-state index contributed by atoms with van der Waals surface area (Å²) < 4.78 is 0. The van der Waals surface area contributed by atoms with Crippen molar-refractivity contribution in [2.45, 2.75) is 6.92 Å². The van der Waals surface area contributed by atoms with E-state index >= 15 is 0 Å². The Labute approximate surface area is 78.4 Å². The molecule has 0 saturated carbocycles. The molecule has 0 amide bonds. The van der Waals surface area contributed by atoms with Crippen LogP contribution in [0.25, 0.3) is 10.8 Å². The lowest BCUT2D eigenvalue weighted by Crippen LogP contribution is -1.91. The Hall–Kier alpha value is -1.50. The number of anilines is 1. The van der Waals surface area contributed by atoms with Crippen LogP contribution in [0.15, 0.2) is 36.4 Å². The molecule has 0 aliphatic heterocycles. The number of aryl methyl sites for hydroxylation is 1. The summed E-state index contributed by atoms with van der Waals surface area (Å²) in [6.45, 7) is 2.12. The van der Waals surface area contributed by atoms with Crippen LogP contribution < -0.4 is 5.32 Å². The van der Waals surface area contributed by atoms with Crippen LogP contribution in [-0.4, -0.2) is 7.05 Å². The van der Waals surface area contributed by atoms with Gasteiger partial charge in [-0.1, -0.05) is 24.3 Å². The number of fused-ring (bicyclic) bond motifs is 1. The molecular formula is C12H13N. The number of hydrogen-bond donors (Lipinski definition) is 1. The minimum absolute atomic E-state index is 1.21. The summed E-state index contributed by atoms with van der Waals surface area (Å²) in [5.74, 6) is 0. The van der Waals surface area contributed by atoms with E-state index in [9.17, 15) is 0 Å². The van der Waals surface area contributed by atoms with E-state index in [1.54, 1.807) is 0 Å². The molecule has 0 aliphatic carbocycles. The number of rotatable bonds is 1. The zero-order valence-electron chi connectivity index (χ0n) is 7.96. The van der Waals surface area contributed by atoms with Gasteiger partial charge in [-0.25, -0.2) is 0 Å². The summed E-state index contributed by atoms with van der Waals surface area (Å²) >= 11 is 0. The summed E-state index contributed by atoms with van der Waals surface area (Å²) in [5, 5.41) is 5.78. The Balaban J connectivity index is 2.74. The first-order chi connectivity index (χ1) is 6.31. The largest absolute Gasteiger partial charge is 0.388 e. The fourth-order valence-corrected chi connectivity index (χ4v) is 1.62. The maximum atomic E-state index is 3.19. The van der Waals surface area contributed by atoms with Crippen molar-refractivity contribution in [3.8, 4) is 0 Å². The summed E-state index contributed by atoms with van der Waals surface area (Å²) in [6, 6.07) is 12.8. The standard InChI is InChI=1S/C12H13N/c1-9-7-10-5-3-4-6-11(10)8-12(9)13-2/h3-8,13H,1-2H3. The van der Waals surface area contributed by atoms with E-state index < -0.39 is 0 Å². The lowest BCUT2D eigenvalue weighted by molar-refractivity contribution is 1.43. The summed E-state index contributed by atoms with van der Waals surface area (Å²) in [4.78, 5) is 0. The van der Waals surface area contributed by atoms with Crippen LogP contribution in [0.1, 0.15) is 5.56 Å². The lowest BCUT2D eigenvalue weighted by Gasteiger charge is -2.06. The van der Waals surface area contributed by atoms with Gasteiger partial charge in [-0.3, -0.25) is 0 Å². The zero-order chi connectivity index (χ0) is 9.26. The fourth-order valence-electron chi connectivity index (χ4n) is 1.62. The smallest absolute Gasteiger partial charge is 0.0373 e. The van der Waals surface area contributed by atoms with Gasteiger partial charge in [0.1, 0.15) is 0 Å². The number of benzene rings is 2. The molecular weight excluding hydrogens is 158 g/mol. The molecule has 66 valence electrons. The van der Waals surface area contributed by atoms with E-state index in [-0.39, 0.29) is 0 Å². The van der Waals surface area contributed by atoms with Crippen LogP contribution in [0, 0.1) is 6.92 Å². The van der Waals surface area contributed by atoms with Crippen molar-refractivity contribution >= 4 is 16.5 Å². The van der Waals surface area contributed by atoms with Gasteiger partial charge in [-0.05, 0) is 35.4 Å². The van der Waals surface area contributed by atoms with E-state index in [1.165, 1.54) is 22.0 Å². The van der Waals surface area contributed by atoms with Crippen molar-refractivity contribution in [2.24, 2.45) is 0 Å². The highest BCUT2D eigenvalue weighted by Gasteiger charge is 1.97. The summed E-state index contributed by atoms with van der Waals surface area (Å²) in [5.41, 5.74) is 2.50. The van der Waals surface area contributed by atoms with E-state index in [2.05, 4.69) is 48.6 Å². The minimum atomic E-state index is 1.21. The highest BCUT2D eigenvalue weighted by atomic mass is 14.8. The van der Waals surface area contributed by atoms with Crippen LogP contribution in [0.4, 0.5) is 5.69 Å². The van der Waals surface area contributed by atoms with Crippen LogP contribution in [0.2, 0.25) is 0 Å². The van der Waals surface area contributed by atoms with Crippen molar-refractivity contribution in [3.05, 3.63) is 42.0 Å². The third kappa shape index (κ3) is 1.37. The second-order valence-electron chi connectivity index (χ2n) is 3.26. The molecule has 0 bridgehead atoms. The lowest BCUT2D eigenvalue weighted by atomic mass is 10.1. The molecule has 1 N–H and O–H groups in total. The molecule has 1 heteroatoms. The van der Waals surface area contributed by atoms with Gasteiger partial charge in [0.15, 0.2) is 0 Å². The zero-order valence-corrected chi connectivity index (χ0v) is 7.96. The minimum Gasteiger partial charge on any atom is -0.388 e. The molecule has 13 heavy (non-hydrogen) atoms. The first kappa shape index (κ1) is 8.11. The second-order valence-corrected chi connectivity index (χ2v) is 3.26. The normalized spacial score (nSPS) is 10.3. The summed E-state index contributed by atoms with van der Waals surface area (Å²) in [6.07, 6.45) is 0. The Bertz CT molecular complexity index is 432. The third-order valence-corrected chi connectivity index (χ3v) is 2.36. The van der Waals surface area contributed by atoms with Crippen molar-refractivity contribution < 1.29 is 0 Å². The molecule has 0 saturated heterocycles. The molecule has 1 nitrogen and oxygen atoms in total. The van der Waals surface area contributed by atoms with Crippen molar-refractivity contribution in [1.82, 2.24) is 0 Å². The predicted octanol–water partition coefficient (Wildman–Crippen LogP) is 3.19. The molecule has 0 aromatic heterocycles. The maximum absolute atomic E-state index is 3.19. The van der Waals surface area contributed by atoms with Crippen molar-refractivity contribution in [2.75, 3.05) is 12.4 Å². The van der Waals surface area contributed by atoms with Gasteiger partial charge >= 0.3 is 0 Å². The molecule has 0 radical (unpaired) electrons. The molecule has 0 spiro atoms. The third-order valence-electron chi connectivity index (χ3n) is 2.36.